The third kappa shape index (κ3) is 4.82. The second-order valence-electron chi connectivity index (χ2n) is 9.96. The molecule has 3 aliphatic rings. The van der Waals surface area contributed by atoms with Crippen molar-refractivity contribution in [3.05, 3.63) is 77.4 Å². The van der Waals surface area contributed by atoms with Crippen LogP contribution >= 0.6 is 0 Å². The maximum atomic E-state index is 13.0. The molecule has 3 aromatic rings. The number of alkyl carbamates (subject to hydrolysis) is 1. The summed E-state index contributed by atoms with van der Waals surface area (Å²) in [6, 6.07) is 20.0. The molecule has 1 atom stereocenters. The molecule has 6 rings (SSSR count). The van der Waals surface area contributed by atoms with Crippen molar-refractivity contribution in [2.45, 2.75) is 31.2 Å². The lowest BCUT2D eigenvalue weighted by atomic mass is 9.98. The van der Waals surface area contributed by atoms with Crippen LogP contribution in [0.5, 0.6) is 11.5 Å². The summed E-state index contributed by atoms with van der Waals surface area (Å²) in [4.78, 5) is 31.9. The van der Waals surface area contributed by atoms with Gasteiger partial charge in [0, 0.05) is 31.3 Å². The van der Waals surface area contributed by atoms with Crippen LogP contribution in [0, 0.1) is 0 Å². The first-order chi connectivity index (χ1) is 19.1. The number of aliphatic imine (C=N–C) groups is 1. The summed E-state index contributed by atoms with van der Waals surface area (Å²) in [7, 11) is 1.55. The Hall–Kier alpha value is -4.33. The van der Waals surface area contributed by atoms with Crippen molar-refractivity contribution in [1.29, 1.82) is 0 Å². The number of nitrogens with zero attached hydrogens (tertiary/aromatic N) is 2. The molecule has 3 aromatic carbocycles. The van der Waals surface area contributed by atoms with Crippen LogP contribution < -0.4 is 14.8 Å². The van der Waals surface area contributed by atoms with Gasteiger partial charge in [-0.25, -0.2) is 4.79 Å². The van der Waals surface area contributed by atoms with Crippen molar-refractivity contribution in [3.8, 4) is 22.6 Å². The Labute approximate surface area is 227 Å². The van der Waals surface area contributed by atoms with Gasteiger partial charge in [0.1, 0.15) is 6.61 Å². The summed E-state index contributed by atoms with van der Waals surface area (Å²) in [6.07, 6.45) is 3.89. The van der Waals surface area contributed by atoms with Crippen molar-refractivity contribution in [2.24, 2.45) is 4.99 Å². The standard InChI is InChI=1S/C31H31N3O5/c1-37-28-16-25-27(33-18-20-8-6-14-34(20)30(25)35)17-29(28)38-15-7-13-32-31(36)39-19-26-23-11-4-2-9-21(23)22-10-3-5-12-24(22)26/h2-5,9-12,16-18,20,26H,6-8,13-15,19H2,1H3,(H,32,36). The van der Waals surface area contributed by atoms with Gasteiger partial charge in [0.25, 0.3) is 5.91 Å². The van der Waals surface area contributed by atoms with E-state index in [0.29, 0.717) is 42.3 Å². The Morgan fingerprint density at radius 2 is 1.77 bits per heavy atom. The minimum atomic E-state index is -0.451. The van der Waals surface area contributed by atoms with Crippen LogP contribution in [0.2, 0.25) is 0 Å². The van der Waals surface area contributed by atoms with Crippen molar-refractivity contribution in [3.63, 3.8) is 0 Å². The van der Waals surface area contributed by atoms with E-state index in [4.69, 9.17) is 14.2 Å². The molecule has 0 spiro atoms. The van der Waals surface area contributed by atoms with Gasteiger partial charge in [-0.05, 0) is 47.6 Å². The molecule has 0 aromatic heterocycles. The largest absolute Gasteiger partial charge is 0.493 e. The average molecular weight is 526 g/mol. The summed E-state index contributed by atoms with van der Waals surface area (Å²) in [5.41, 5.74) is 5.87. The Morgan fingerprint density at radius 1 is 1.03 bits per heavy atom. The van der Waals surface area contributed by atoms with Crippen LogP contribution in [0.4, 0.5) is 10.5 Å². The van der Waals surface area contributed by atoms with Crippen LogP contribution in [0.25, 0.3) is 11.1 Å². The SMILES string of the molecule is COc1cc2c(cc1OCCCNC(=O)OCC1c3ccccc3-c3ccccc31)N=CC1CCCN1C2=O. The number of carbonyl (C=O) groups excluding carboxylic acids is 2. The first-order valence-corrected chi connectivity index (χ1v) is 13.4. The summed E-state index contributed by atoms with van der Waals surface area (Å²) >= 11 is 0. The van der Waals surface area contributed by atoms with Gasteiger partial charge < -0.3 is 24.4 Å². The second-order valence-corrected chi connectivity index (χ2v) is 9.96. The van der Waals surface area contributed by atoms with E-state index in [0.717, 1.165) is 19.4 Å². The molecule has 2 heterocycles. The van der Waals surface area contributed by atoms with Gasteiger partial charge in [-0.3, -0.25) is 9.79 Å². The molecule has 1 saturated heterocycles. The Morgan fingerprint density at radius 3 is 2.51 bits per heavy atom. The predicted molar refractivity (Wildman–Crippen MR) is 148 cm³/mol. The van der Waals surface area contributed by atoms with Crippen LogP contribution in [0.1, 0.15) is 46.7 Å². The number of methoxy groups -OCH3 is 1. The first-order valence-electron chi connectivity index (χ1n) is 13.4. The lowest BCUT2D eigenvalue weighted by Gasteiger charge is -2.20. The topological polar surface area (TPSA) is 89.5 Å². The second kappa shape index (κ2) is 10.8. The predicted octanol–water partition coefficient (Wildman–Crippen LogP) is 5.32. The lowest BCUT2D eigenvalue weighted by molar-refractivity contribution is 0.0774. The number of fused-ring (bicyclic) bond motifs is 5. The zero-order valence-corrected chi connectivity index (χ0v) is 21.9. The molecule has 8 nitrogen and oxygen atoms in total. The molecule has 200 valence electrons. The van der Waals surface area contributed by atoms with E-state index in [1.807, 2.05) is 35.4 Å². The van der Waals surface area contributed by atoms with Crippen molar-refractivity contribution >= 4 is 23.9 Å². The third-order valence-electron chi connectivity index (χ3n) is 7.65. The van der Waals surface area contributed by atoms with Gasteiger partial charge in [0.2, 0.25) is 0 Å². The van der Waals surface area contributed by atoms with Gasteiger partial charge in [-0.15, -0.1) is 0 Å². The smallest absolute Gasteiger partial charge is 0.407 e. The summed E-state index contributed by atoms with van der Waals surface area (Å²) in [6.45, 7) is 1.77. The molecule has 0 saturated carbocycles. The number of nitrogens with one attached hydrogen (secondary N) is 1. The lowest BCUT2D eigenvalue weighted by Crippen LogP contribution is -2.35. The fourth-order valence-electron chi connectivity index (χ4n) is 5.71. The molecular weight excluding hydrogens is 494 g/mol. The zero-order chi connectivity index (χ0) is 26.8. The van der Waals surface area contributed by atoms with Crippen LogP contribution in [0.15, 0.2) is 65.7 Å². The van der Waals surface area contributed by atoms with Crippen LogP contribution in [0.3, 0.4) is 0 Å². The molecule has 0 bridgehead atoms. The van der Waals surface area contributed by atoms with Crippen LogP contribution in [-0.2, 0) is 4.74 Å². The number of hydrogen-bond acceptors (Lipinski definition) is 6. The normalized spacial score (nSPS) is 17.1. The number of rotatable bonds is 8. The van der Waals surface area contributed by atoms with Gasteiger partial charge in [0.15, 0.2) is 11.5 Å². The molecule has 2 amide bonds. The quantitative estimate of drug-likeness (QED) is 0.402. The molecule has 1 aliphatic carbocycles. The Kier molecular flexibility index (Phi) is 6.92. The minimum Gasteiger partial charge on any atom is -0.493 e. The fourth-order valence-corrected chi connectivity index (χ4v) is 5.71. The number of benzene rings is 3. The highest BCUT2D eigenvalue weighted by atomic mass is 16.5. The van der Waals surface area contributed by atoms with E-state index in [9.17, 15) is 9.59 Å². The highest BCUT2D eigenvalue weighted by molar-refractivity contribution is 6.03. The summed E-state index contributed by atoms with van der Waals surface area (Å²) in [5, 5.41) is 2.81. The molecule has 1 unspecified atom stereocenters. The van der Waals surface area contributed by atoms with E-state index in [-0.39, 0.29) is 24.5 Å². The van der Waals surface area contributed by atoms with E-state index in [1.165, 1.54) is 22.3 Å². The molecule has 0 radical (unpaired) electrons. The summed E-state index contributed by atoms with van der Waals surface area (Å²) < 4.78 is 17.0. The molecule has 1 fully saturated rings. The Balaban J connectivity index is 1.00. The van der Waals surface area contributed by atoms with Gasteiger partial charge in [0.05, 0.1) is 31.0 Å². The average Bonchev–Trinajstić information content (AvgIpc) is 3.54. The van der Waals surface area contributed by atoms with Crippen molar-refractivity contribution < 1.29 is 23.8 Å². The third-order valence-corrected chi connectivity index (χ3v) is 7.65. The maximum Gasteiger partial charge on any atom is 0.407 e. The number of ether oxygens (including phenoxy) is 3. The monoisotopic (exact) mass is 525 g/mol. The van der Waals surface area contributed by atoms with Gasteiger partial charge in [-0.1, -0.05) is 48.5 Å². The van der Waals surface area contributed by atoms with Crippen molar-refractivity contribution in [1.82, 2.24) is 10.2 Å². The highest BCUT2D eigenvalue weighted by Crippen LogP contribution is 2.44. The summed E-state index contributed by atoms with van der Waals surface area (Å²) in [5.74, 6) is 1.00. The van der Waals surface area contributed by atoms with E-state index >= 15 is 0 Å². The Bertz CT molecular complexity index is 1390. The van der Waals surface area contributed by atoms with E-state index in [1.54, 1.807) is 19.2 Å². The highest BCUT2D eigenvalue weighted by Gasteiger charge is 2.33. The number of amides is 2. The number of hydrogen-bond donors (Lipinski definition) is 1. The molecule has 1 N–H and O–H groups in total. The molecule has 39 heavy (non-hydrogen) atoms. The maximum absolute atomic E-state index is 13.0. The van der Waals surface area contributed by atoms with E-state index < -0.39 is 6.09 Å². The van der Waals surface area contributed by atoms with Gasteiger partial charge >= 0.3 is 6.09 Å². The first kappa shape index (κ1) is 25.0. The van der Waals surface area contributed by atoms with E-state index in [2.05, 4.69) is 34.6 Å². The molecular formula is C31H31N3O5. The zero-order valence-electron chi connectivity index (χ0n) is 21.9. The van der Waals surface area contributed by atoms with Gasteiger partial charge in [-0.2, -0.15) is 0 Å². The molecule has 2 aliphatic heterocycles. The molecule has 8 heteroatoms. The minimum absolute atomic E-state index is 0.0258. The van der Waals surface area contributed by atoms with Crippen LogP contribution in [-0.4, -0.2) is 62.6 Å². The van der Waals surface area contributed by atoms with Crippen molar-refractivity contribution in [2.75, 3.05) is 33.4 Å². The fraction of sp³-hybridized carbons (Fsp3) is 0.323. The number of carbonyl (C=O) groups is 2.